The second-order valence-electron chi connectivity index (χ2n) is 3.53. The van der Waals surface area contributed by atoms with E-state index in [4.69, 9.17) is 17.0 Å². The third-order valence-electron chi connectivity index (χ3n) is 2.17. The summed E-state index contributed by atoms with van der Waals surface area (Å²) >= 11 is 5.14. The van der Waals surface area contributed by atoms with Gasteiger partial charge in [0.05, 0.1) is 6.33 Å². The van der Waals surface area contributed by atoms with Crippen LogP contribution in [0.25, 0.3) is 0 Å². The van der Waals surface area contributed by atoms with Gasteiger partial charge < -0.3 is 19.9 Å². The summed E-state index contributed by atoms with van der Waals surface area (Å²) in [6, 6.07) is 0. The van der Waals surface area contributed by atoms with E-state index in [1.807, 2.05) is 17.7 Å². The fourth-order valence-corrected chi connectivity index (χ4v) is 1.50. The summed E-state index contributed by atoms with van der Waals surface area (Å²) in [6.45, 7) is 6.05. The van der Waals surface area contributed by atoms with Gasteiger partial charge in [0.15, 0.2) is 5.11 Å². The lowest BCUT2D eigenvalue weighted by molar-refractivity contribution is 0.145. The molecule has 1 rings (SSSR count). The Morgan fingerprint density at radius 2 is 2.24 bits per heavy atom. The van der Waals surface area contributed by atoms with Gasteiger partial charge in [0.2, 0.25) is 0 Å². The Balaban J connectivity index is 1.94. The van der Waals surface area contributed by atoms with Crippen molar-refractivity contribution >= 4 is 17.3 Å². The molecule has 0 aliphatic carbocycles. The van der Waals surface area contributed by atoms with Crippen LogP contribution in [0.15, 0.2) is 18.7 Å². The molecule has 0 atom stereocenters. The largest absolute Gasteiger partial charge is 0.382 e. The van der Waals surface area contributed by atoms with E-state index in [9.17, 15) is 0 Å². The molecule has 0 aliphatic heterocycles. The van der Waals surface area contributed by atoms with E-state index in [0.29, 0.717) is 5.11 Å². The number of aromatic nitrogens is 2. The molecule has 0 aliphatic rings. The molecular formula is C11H20N4OS. The van der Waals surface area contributed by atoms with Crippen LogP contribution in [0, 0.1) is 0 Å². The molecule has 17 heavy (non-hydrogen) atoms. The van der Waals surface area contributed by atoms with Crippen LogP contribution in [-0.2, 0) is 11.3 Å². The minimum absolute atomic E-state index is 0.696. The number of nitrogens with one attached hydrogen (secondary N) is 2. The van der Waals surface area contributed by atoms with Crippen LogP contribution in [0.3, 0.4) is 0 Å². The zero-order valence-corrected chi connectivity index (χ0v) is 11.0. The Bertz CT molecular complexity index is 302. The van der Waals surface area contributed by atoms with Crippen molar-refractivity contribution in [1.82, 2.24) is 20.2 Å². The number of rotatable bonds is 8. The second kappa shape index (κ2) is 8.95. The summed E-state index contributed by atoms with van der Waals surface area (Å²) in [4.78, 5) is 3.97. The molecule has 2 N–H and O–H groups in total. The van der Waals surface area contributed by atoms with Crippen LogP contribution in [-0.4, -0.2) is 41.0 Å². The van der Waals surface area contributed by atoms with Gasteiger partial charge >= 0.3 is 0 Å². The number of hydrogen-bond donors (Lipinski definition) is 2. The Morgan fingerprint density at radius 3 is 2.94 bits per heavy atom. The Labute approximate surface area is 108 Å². The molecule has 96 valence electrons. The fourth-order valence-electron chi connectivity index (χ4n) is 1.30. The van der Waals surface area contributed by atoms with Crippen molar-refractivity contribution in [2.45, 2.75) is 19.9 Å². The first-order chi connectivity index (χ1) is 8.33. The predicted molar refractivity (Wildman–Crippen MR) is 71.9 cm³/mol. The van der Waals surface area contributed by atoms with Gasteiger partial charge in [-0.1, -0.05) is 0 Å². The third kappa shape index (κ3) is 6.91. The molecule has 0 radical (unpaired) electrons. The molecule has 0 unspecified atom stereocenters. The average molecular weight is 256 g/mol. The average Bonchev–Trinajstić information content (AvgIpc) is 2.82. The van der Waals surface area contributed by atoms with E-state index in [1.165, 1.54) is 0 Å². The third-order valence-corrected chi connectivity index (χ3v) is 2.46. The first-order valence-corrected chi connectivity index (χ1v) is 6.29. The minimum Gasteiger partial charge on any atom is -0.382 e. The van der Waals surface area contributed by atoms with Gasteiger partial charge in [-0.2, -0.15) is 0 Å². The summed E-state index contributed by atoms with van der Waals surface area (Å²) in [6.07, 6.45) is 6.46. The normalized spacial score (nSPS) is 10.2. The maximum absolute atomic E-state index is 5.23. The summed E-state index contributed by atoms with van der Waals surface area (Å²) < 4.78 is 7.24. The van der Waals surface area contributed by atoms with Crippen LogP contribution in [0.1, 0.15) is 13.3 Å². The zero-order valence-electron chi connectivity index (χ0n) is 10.2. The maximum Gasteiger partial charge on any atom is 0.166 e. The van der Waals surface area contributed by atoms with Gasteiger partial charge in [0, 0.05) is 45.2 Å². The van der Waals surface area contributed by atoms with E-state index in [-0.39, 0.29) is 0 Å². The highest BCUT2D eigenvalue weighted by atomic mass is 32.1. The molecule has 0 fully saturated rings. The van der Waals surface area contributed by atoms with Gasteiger partial charge in [0.1, 0.15) is 0 Å². The number of nitrogens with zero attached hydrogens (tertiary/aromatic N) is 2. The summed E-state index contributed by atoms with van der Waals surface area (Å²) in [5.41, 5.74) is 0. The zero-order chi connectivity index (χ0) is 12.3. The molecule has 0 saturated heterocycles. The molecule has 0 aromatic carbocycles. The number of hydrogen-bond acceptors (Lipinski definition) is 3. The van der Waals surface area contributed by atoms with Gasteiger partial charge in [0.25, 0.3) is 0 Å². The van der Waals surface area contributed by atoms with Crippen molar-refractivity contribution in [1.29, 1.82) is 0 Å². The van der Waals surface area contributed by atoms with Crippen LogP contribution < -0.4 is 10.6 Å². The number of imidazole rings is 1. The van der Waals surface area contributed by atoms with Crippen LogP contribution >= 0.6 is 12.2 Å². The van der Waals surface area contributed by atoms with Crippen molar-refractivity contribution < 1.29 is 4.74 Å². The van der Waals surface area contributed by atoms with E-state index in [2.05, 4.69) is 15.6 Å². The lowest BCUT2D eigenvalue weighted by atomic mass is 10.4. The molecule has 0 bridgehead atoms. The molecular weight excluding hydrogens is 236 g/mol. The smallest absolute Gasteiger partial charge is 0.166 e. The highest BCUT2D eigenvalue weighted by Crippen LogP contribution is 1.84. The van der Waals surface area contributed by atoms with Crippen molar-refractivity contribution in [2.24, 2.45) is 0 Å². The molecule has 6 heteroatoms. The maximum atomic E-state index is 5.23. The number of ether oxygens (including phenoxy) is 1. The fraction of sp³-hybridized carbons (Fsp3) is 0.636. The Hall–Kier alpha value is -1.14. The standard InChI is InChI=1S/C11H20N4OS/c1-2-16-9-3-4-13-11(17)14-6-8-15-7-5-12-10-15/h5,7,10H,2-4,6,8-9H2,1H3,(H2,13,14,17). The minimum atomic E-state index is 0.696. The van der Waals surface area contributed by atoms with Crippen molar-refractivity contribution in [3.8, 4) is 0 Å². The molecule has 0 saturated carbocycles. The molecule has 0 spiro atoms. The number of thiocarbonyl (C=S) groups is 1. The summed E-state index contributed by atoms with van der Waals surface area (Å²) in [5, 5.41) is 6.98. The SMILES string of the molecule is CCOCCCNC(=S)NCCn1ccnc1. The first kappa shape index (κ1) is 13.9. The topological polar surface area (TPSA) is 51.1 Å². The van der Waals surface area contributed by atoms with Crippen LogP contribution in [0.5, 0.6) is 0 Å². The van der Waals surface area contributed by atoms with Crippen LogP contribution in [0.2, 0.25) is 0 Å². The van der Waals surface area contributed by atoms with Crippen molar-refractivity contribution in [3.63, 3.8) is 0 Å². The lowest BCUT2D eigenvalue weighted by Gasteiger charge is -2.10. The molecule has 0 amide bonds. The van der Waals surface area contributed by atoms with Gasteiger partial charge in [-0.15, -0.1) is 0 Å². The molecule has 1 heterocycles. The summed E-state index contributed by atoms with van der Waals surface area (Å²) in [7, 11) is 0. The highest BCUT2D eigenvalue weighted by Gasteiger charge is 1.95. The lowest BCUT2D eigenvalue weighted by Crippen LogP contribution is -2.37. The van der Waals surface area contributed by atoms with E-state index in [1.54, 1.807) is 12.5 Å². The quantitative estimate of drug-likeness (QED) is 0.531. The molecule has 1 aromatic heterocycles. The van der Waals surface area contributed by atoms with Gasteiger partial charge in [-0.3, -0.25) is 0 Å². The predicted octanol–water partition coefficient (Wildman–Crippen LogP) is 0.774. The Kier molecular flexibility index (Phi) is 7.33. The van der Waals surface area contributed by atoms with Crippen molar-refractivity contribution in [3.05, 3.63) is 18.7 Å². The van der Waals surface area contributed by atoms with E-state index >= 15 is 0 Å². The molecule has 5 nitrogen and oxygen atoms in total. The molecule has 1 aromatic rings. The monoisotopic (exact) mass is 256 g/mol. The second-order valence-corrected chi connectivity index (χ2v) is 3.94. The van der Waals surface area contributed by atoms with Crippen molar-refractivity contribution in [2.75, 3.05) is 26.3 Å². The summed E-state index contributed by atoms with van der Waals surface area (Å²) in [5.74, 6) is 0. The van der Waals surface area contributed by atoms with E-state index in [0.717, 1.165) is 39.3 Å². The first-order valence-electron chi connectivity index (χ1n) is 5.88. The van der Waals surface area contributed by atoms with Gasteiger partial charge in [-0.05, 0) is 25.6 Å². The van der Waals surface area contributed by atoms with Crippen LogP contribution in [0.4, 0.5) is 0 Å². The van der Waals surface area contributed by atoms with Gasteiger partial charge in [-0.25, -0.2) is 4.98 Å². The Morgan fingerprint density at radius 1 is 1.41 bits per heavy atom. The highest BCUT2D eigenvalue weighted by molar-refractivity contribution is 7.80. The van der Waals surface area contributed by atoms with E-state index < -0.39 is 0 Å².